The monoisotopic (exact) mass is 1020 g/mol. The summed E-state index contributed by atoms with van der Waals surface area (Å²) in [7, 11) is 0. The number of carbonyl (C=O) groups is 2. The van der Waals surface area contributed by atoms with Crippen molar-refractivity contribution in [2.45, 2.75) is 60.2 Å². The third-order valence-corrected chi connectivity index (χ3v) is 12.6. The average molecular weight is 1030 g/mol. The number of aliphatic carboxylic acids is 1. The van der Waals surface area contributed by atoms with Crippen LogP contribution in [0.1, 0.15) is 52.1 Å². The molecule has 75 heavy (non-hydrogen) atoms. The van der Waals surface area contributed by atoms with Crippen molar-refractivity contribution >= 4 is 23.4 Å². The van der Waals surface area contributed by atoms with Crippen molar-refractivity contribution in [3.05, 3.63) is 220 Å². The number of ether oxygens (including phenoxy) is 4. The summed E-state index contributed by atoms with van der Waals surface area (Å²) in [5, 5.41) is 13.4. The number of carboxylic acid groups (broad SMARTS) is 1. The Morgan fingerprint density at radius 2 is 1.03 bits per heavy atom. The van der Waals surface area contributed by atoms with Gasteiger partial charge in [0, 0.05) is 55.5 Å². The van der Waals surface area contributed by atoms with Crippen LogP contribution in [0.25, 0.3) is 22.9 Å². The molecule has 1 amide bonds. The lowest BCUT2D eigenvalue weighted by atomic mass is 10.1. The van der Waals surface area contributed by atoms with Crippen molar-refractivity contribution in [1.29, 1.82) is 0 Å². The molecule has 0 spiro atoms. The fourth-order valence-electron chi connectivity index (χ4n) is 7.92. The van der Waals surface area contributed by atoms with Crippen LogP contribution in [-0.4, -0.2) is 63.2 Å². The first-order chi connectivity index (χ1) is 36.5. The molecule has 0 saturated heterocycles. The number of carboxylic acids is 1. The first-order valence-electron chi connectivity index (χ1n) is 24.8. The highest BCUT2D eigenvalue weighted by Crippen LogP contribution is 2.27. The van der Waals surface area contributed by atoms with E-state index in [1.54, 1.807) is 28.4 Å². The third-order valence-electron chi connectivity index (χ3n) is 12.0. The molecule has 0 unspecified atom stereocenters. The molecule has 1 N–H and O–H groups in total. The molecule has 9 aromatic rings. The van der Waals surface area contributed by atoms with Crippen molar-refractivity contribution in [3.63, 3.8) is 0 Å². The topological polar surface area (TPSA) is 150 Å². The normalized spacial score (nSPS) is 10.9. The van der Waals surface area contributed by atoms with Gasteiger partial charge in [0.2, 0.25) is 11.8 Å². The maximum absolute atomic E-state index is 12.6. The molecule has 384 valence electrons. The largest absolute Gasteiger partial charge is 0.493 e. The second-order valence-electron chi connectivity index (χ2n) is 17.7. The molecule has 0 fully saturated rings. The Bertz CT molecular complexity index is 3160. The molecule has 6 aromatic carbocycles. The lowest BCUT2D eigenvalue weighted by Gasteiger charge is -2.21. The fourth-order valence-corrected chi connectivity index (χ4v) is 8.48. The first-order valence-corrected chi connectivity index (χ1v) is 25.7. The van der Waals surface area contributed by atoms with Crippen molar-refractivity contribution in [3.8, 4) is 51.7 Å². The van der Waals surface area contributed by atoms with E-state index in [1.165, 1.54) is 0 Å². The first kappa shape index (κ1) is 52.9. The Hall–Kier alpha value is -8.46. The van der Waals surface area contributed by atoms with Gasteiger partial charge in [-0.15, -0.1) is 11.3 Å². The minimum absolute atomic E-state index is 0.0621. The number of hydrogen-bond acceptors (Lipinski definition) is 12. The number of rotatable bonds is 22. The predicted molar refractivity (Wildman–Crippen MR) is 291 cm³/mol. The fraction of sp³-hybridized carbons (Fsp3) is 0.213. The summed E-state index contributed by atoms with van der Waals surface area (Å²) < 4.78 is 34.8. The highest BCUT2D eigenvalue weighted by atomic mass is 32.1. The Morgan fingerprint density at radius 1 is 0.560 bits per heavy atom. The third kappa shape index (κ3) is 16.0. The van der Waals surface area contributed by atoms with Gasteiger partial charge in [0.1, 0.15) is 40.3 Å². The second-order valence-corrected chi connectivity index (χ2v) is 18.5. The van der Waals surface area contributed by atoms with Crippen molar-refractivity contribution in [1.82, 2.24) is 19.8 Å². The number of hydrogen-bond donors (Lipinski definition) is 1. The molecular formula is C61H60N4O9S. The van der Waals surface area contributed by atoms with Gasteiger partial charge in [0.25, 0.3) is 0 Å². The molecule has 0 atom stereocenters. The molecule has 0 radical (unpaired) electrons. The summed E-state index contributed by atoms with van der Waals surface area (Å²) in [6.07, 6.45) is 0.917. The van der Waals surface area contributed by atoms with Crippen molar-refractivity contribution < 1.29 is 42.5 Å². The van der Waals surface area contributed by atoms with Crippen molar-refractivity contribution in [2.24, 2.45) is 0 Å². The van der Waals surface area contributed by atoms with Crippen LogP contribution in [0, 0.1) is 20.8 Å². The van der Waals surface area contributed by atoms with Crippen LogP contribution in [0.2, 0.25) is 0 Å². The van der Waals surface area contributed by atoms with E-state index >= 15 is 0 Å². The molecule has 0 saturated carbocycles. The number of oxazole rings is 2. The van der Waals surface area contributed by atoms with E-state index in [0.717, 1.165) is 79.3 Å². The Kier molecular flexibility index (Phi) is 18.7. The molecule has 13 nitrogen and oxygen atoms in total. The zero-order valence-electron chi connectivity index (χ0n) is 42.5. The van der Waals surface area contributed by atoms with Gasteiger partial charge in [-0.3, -0.25) is 9.69 Å². The molecule has 0 aliphatic rings. The molecular weight excluding hydrogens is 965 g/mol. The smallest absolute Gasteiger partial charge is 0.415 e. The van der Waals surface area contributed by atoms with Gasteiger partial charge in [0.05, 0.1) is 31.1 Å². The van der Waals surface area contributed by atoms with Gasteiger partial charge < -0.3 is 37.8 Å². The summed E-state index contributed by atoms with van der Waals surface area (Å²) in [6.45, 7) is 10.7. The van der Waals surface area contributed by atoms with E-state index in [1.807, 2.05) is 195 Å². The number of amides is 1. The van der Waals surface area contributed by atoms with Gasteiger partial charge >= 0.3 is 12.1 Å². The van der Waals surface area contributed by atoms with Gasteiger partial charge in [-0.05, 0) is 129 Å². The van der Waals surface area contributed by atoms with Crippen LogP contribution in [0.4, 0.5) is 4.79 Å². The number of aryl methyl sites for hydroxylation is 3. The summed E-state index contributed by atoms with van der Waals surface area (Å²) in [5.41, 5.74) is 7.82. The minimum Gasteiger partial charge on any atom is -0.493 e. The number of nitrogens with zero attached hydrogens (tertiary/aromatic N) is 4. The van der Waals surface area contributed by atoms with Crippen LogP contribution in [0.3, 0.4) is 0 Å². The maximum atomic E-state index is 12.6. The van der Waals surface area contributed by atoms with E-state index in [2.05, 4.69) is 9.97 Å². The molecule has 0 aliphatic carbocycles. The van der Waals surface area contributed by atoms with Gasteiger partial charge in [-0.25, -0.2) is 14.8 Å². The number of benzene rings is 6. The van der Waals surface area contributed by atoms with Crippen LogP contribution in [-0.2, 0) is 37.3 Å². The van der Waals surface area contributed by atoms with Gasteiger partial charge in [-0.1, -0.05) is 90.5 Å². The van der Waals surface area contributed by atoms with E-state index < -0.39 is 5.97 Å². The quantitative estimate of drug-likeness (QED) is 0.0688. The van der Waals surface area contributed by atoms with E-state index in [9.17, 15) is 14.7 Å². The summed E-state index contributed by atoms with van der Waals surface area (Å²) in [4.78, 5) is 36.9. The van der Waals surface area contributed by atoms with Crippen molar-refractivity contribution in [2.75, 3.05) is 26.3 Å². The minimum atomic E-state index is -0.865. The second kappa shape index (κ2) is 26.5. The zero-order chi connectivity index (χ0) is 52.4. The van der Waals surface area contributed by atoms with E-state index in [0.29, 0.717) is 69.8 Å². The average Bonchev–Trinajstić information content (AvgIpc) is 4.18. The van der Waals surface area contributed by atoms with Gasteiger partial charge in [0.15, 0.2) is 0 Å². The lowest BCUT2D eigenvalue weighted by molar-refractivity contribution is -0.138. The lowest BCUT2D eigenvalue weighted by Crippen LogP contribution is -2.32. The molecule has 3 aromatic heterocycles. The van der Waals surface area contributed by atoms with E-state index in [-0.39, 0.29) is 12.6 Å². The number of thiophene rings is 1. The summed E-state index contributed by atoms with van der Waals surface area (Å²) >= 11 is 1.58. The van der Waals surface area contributed by atoms with Crippen LogP contribution in [0.5, 0.6) is 28.7 Å². The van der Waals surface area contributed by atoms with Crippen LogP contribution >= 0.6 is 11.3 Å². The summed E-state index contributed by atoms with van der Waals surface area (Å²) in [5.74, 6) is 5.59. The highest BCUT2D eigenvalue weighted by molar-refractivity contribution is 7.08. The maximum Gasteiger partial charge on any atom is 0.415 e. The summed E-state index contributed by atoms with van der Waals surface area (Å²) in [6, 6.07) is 52.3. The predicted octanol–water partition coefficient (Wildman–Crippen LogP) is 13.8. The van der Waals surface area contributed by atoms with E-state index in [4.69, 9.17) is 27.8 Å². The molecule has 9 rings (SSSR count). The molecule has 0 aliphatic heterocycles. The SMILES string of the molecule is CCN(Cc1ccc(OCCc2nc(-c3ccccc3)oc2C)cc1)C(=O)Oc1ccc(C)cc1.Cc1oc(-c2ccccc2)nc1CCOc1ccc(CN(CC(=O)O)Cc2ccc(Oc3ccsc3)cc2)cc1. The Balaban J connectivity index is 0.000000201. The number of aromatic nitrogens is 2. The molecule has 0 bridgehead atoms. The van der Waals surface area contributed by atoms with Gasteiger partial charge in [-0.2, -0.15) is 0 Å². The van der Waals surface area contributed by atoms with Crippen LogP contribution in [0.15, 0.2) is 183 Å². The standard InChI is InChI=1S/C32H30N2O5S.C29H30N2O4/c1-23-30(33-32(38-23)26-5-3-2-4-6-26)15-17-37-27-11-7-24(8-12-27)19-34(21-31(35)36)20-25-9-13-28(14-10-25)39-29-16-18-40-22-29;1-4-31(29(32)35-26-14-10-21(2)11-15-26)20-23-12-16-25(17-13-23)33-19-18-27-22(3)34-28(30-27)24-8-6-5-7-9-24/h2-14,16,18,22H,15,17,19-21H2,1H3,(H,35,36);5-17H,4,18-20H2,1-3H3. The highest BCUT2D eigenvalue weighted by Gasteiger charge is 2.17. The number of carbonyl (C=O) groups excluding carboxylic acids is 1. The zero-order valence-corrected chi connectivity index (χ0v) is 43.3. The molecule has 3 heterocycles. The molecule has 14 heteroatoms. The Labute approximate surface area is 441 Å². The van der Waals surface area contributed by atoms with Crippen LogP contribution < -0.4 is 18.9 Å². The Morgan fingerprint density at radius 3 is 1.48 bits per heavy atom.